The first-order valence-corrected chi connectivity index (χ1v) is 9.15. The normalized spacial score (nSPS) is 14.2. The van der Waals surface area contributed by atoms with Gasteiger partial charge in [0, 0.05) is 20.1 Å². The van der Waals surface area contributed by atoms with Crippen molar-refractivity contribution in [3.8, 4) is 5.75 Å². The molecule has 1 N–H and O–H groups in total. The van der Waals surface area contributed by atoms with Gasteiger partial charge in [0.25, 0.3) is 11.5 Å². The van der Waals surface area contributed by atoms with Gasteiger partial charge in [-0.05, 0) is 23.6 Å². The van der Waals surface area contributed by atoms with Crippen LogP contribution in [-0.2, 0) is 13.1 Å². The van der Waals surface area contributed by atoms with Crippen LogP contribution in [0.2, 0.25) is 0 Å². The number of aromatic nitrogens is 3. The minimum absolute atomic E-state index is 0.0317. The SMILES string of the molecule is CC(C)c1nn(Cc2ccc(F)cc2)c(=O)c2c(O)c3n(c12)CCN(C)C3=O. The zero-order valence-electron chi connectivity index (χ0n) is 15.9. The number of carbonyl (C=O) groups is 1. The van der Waals surface area contributed by atoms with Crippen molar-refractivity contribution in [2.24, 2.45) is 0 Å². The molecule has 1 amide bonds. The summed E-state index contributed by atoms with van der Waals surface area (Å²) in [4.78, 5) is 27.2. The third-order valence-corrected chi connectivity index (χ3v) is 5.16. The number of aromatic hydroxyl groups is 1. The molecule has 7 nitrogen and oxygen atoms in total. The van der Waals surface area contributed by atoms with Gasteiger partial charge >= 0.3 is 0 Å². The highest BCUT2D eigenvalue weighted by molar-refractivity contribution is 6.04. The number of likely N-dealkylation sites (N-methyl/N-ethyl adjacent to an activating group) is 1. The summed E-state index contributed by atoms with van der Waals surface area (Å²) in [5.74, 6) is -1.01. The lowest BCUT2D eigenvalue weighted by atomic mass is 10.1. The Morgan fingerprint density at radius 1 is 1.18 bits per heavy atom. The van der Waals surface area contributed by atoms with E-state index in [0.717, 1.165) is 0 Å². The average Bonchev–Trinajstić information content (AvgIpc) is 2.95. The zero-order valence-corrected chi connectivity index (χ0v) is 15.9. The second-order valence-electron chi connectivity index (χ2n) is 7.43. The molecule has 0 saturated carbocycles. The third kappa shape index (κ3) is 2.67. The minimum Gasteiger partial charge on any atom is -0.505 e. The zero-order chi connectivity index (χ0) is 20.2. The predicted octanol–water partition coefficient (Wildman–Crippen LogP) is 2.30. The van der Waals surface area contributed by atoms with Crippen LogP contribution < -0.4 is 5.56 Å². The third-order valence-electron chi connectivity index (χ3n) is 5.16. The Hall–Kier alpha value is -3.16. The smallest absolute Gasteiger partial charge is 0.280 e. The molecule has 2 aromatic heterocycles. The van der Waals surface area contributed by atoms with E-state index in [1.165, 1.54) is 21.7 Å². The van der Waals surface area contributed by atoms with Crippen LogP contribution in [0.25, 0.3) is 10.9 Å². The van der Waals surface area contributed by atoms with Crippen molar-refractivity contribution >= 4 is 16.8 Å². The Kier molecular flexibility index (Phi) is 4.21. The van der Waals surface area contributed by atoms with Gasteiger partial charge in [0.2, 0.25) is 0 Å². The van der Waals surface area contributed by atoms with E-state index in [2.05, 4.69) is 5.10 Å². The summed E-state index contributed by atoms with van der Waals surface area (Å²) in [6.45, 7) is 5.01. The molecule has 8 heteroatoms. The van der Waals surface area contributed by atoms with Gasteiger partial charge in [-0.1, -0.05) is 26.0 Å². The Labute approximate surface area is 160 Å². The van der Waals surface area contributed by atoms with Gasteiger partial charge in [-0.3, -0.25) is 9.59 Å². The molecule has 0 radical (unpaired) electrons. The number of amides is 1. The summed E-state index contributed by atoms with van der Waals surface area (Å²) in [7, 11) is 1.66. The Balaban J connectivity index is 1.98. The monoisotopic (exact) mass is 384 g/mol. The van der Waals surface area contributed by atoms with Crippen LogP contribution in [0.5, 0.6) is 5.75 Å². The Morgan fingerprint density at radius 2 is 1.86 bits per heavy atom. The van der Waals surface area contributed by atoms with Crippen molar-refractivity contribution < 1.29 is 14.3 Å². The maximum atomic E-state index is 13.2. The number of nitrogens with zero attached hydrogens (tertiary/aromatic N) is 4. The van der Waals surface area contributed by atoms with E-state index in [1.807, 2.05) is 13.8 Å². The highest BCUT2D eigenvalue weighted by atomic mass is 19.1. The van der Waals surface area contributed by atoms with E-state index in [4.69, 9.17) is 0 Å². The van der Waals surface area contributed by atoms with Crippen molar-refractivity contribution in [1.29, 1.82) is 0 Å². The quantitative estimate of drug-likeness (QED) is 0.751. The van der Waals surface area contributed by atoms with Gasteiger partial charge in [0.1, 0.15) is 11.2 Å². The van der Waals surface area contributed by atoms with Gasteiger partial charge in [0.15, 0.2) is 11.4 Å². The molecular formula is C20H21FN4O3. The first-order chi connectivity index (χ1) is 13.3. The maximum Gasteiger partial charge on any atom is 0.280 e. The van der Waals surface area contributed by atoms with Gasteiger partial charge in [-0.2, -0.15) is 5.10 Å². The molecule has 0 aliphatic carbocycles. The van der Waals surface area contributed by atoms with Crippen LogP contribution in [0.1, 0.15) is 41.5 Å². The van der Waals surface area contributed by atoms with Crippen LogP contribution in [0.15, 0.2) is 29.1 Å². The standard InChI is InChI=1S/C20H21FN4O3/c1-11(2)15-16-14(18(26)17-20(28)23(3)8-9-24(16)17)19(27)25(22-15)10-12-4-6-13(21)7-5-12/h4-7,11,26H,8-10H2,1-3H3. The molecule has 4 rings (SSSR count). The highest BCUT2D eigenvalue weighted by Crippen LogP contribution is 2.35. The van der Waals surface area contributed by atoms with Crippen LogP contribution in [0.3, 0.4) is 0 Å². The lowest BCUT2D eigenvalue weighted by Crippen LogP contribution is -2.37. The van der Waals surface area contributed by atoms with Gasteiger partial charge < -0.3 is 14.6 Å². The predicted molar refractivity (Wildman–Crippen MR) is 102 cm³/mol. The minimum atomic E-state index is -0.474. The average molecular weight is 384 g/mol. The summed E-state index contributed by atoms with van der Waals surface area (Å²) < 4.78 is 16.2. The van der Waals surface area contributed by atoms with Crippen molar-refractivity contribution in [3.63, 3.8) is 0 Å². The van der Waals surface area contributed by atoms with Gasteiger partial charge in [0.05, 0.1) is 17.8 Å². The molecule has 1 aliphatic rings. The van der Waals surface area contributed by atoms with E-state index >= 15 is 0 Å². The molecule has 28 heavy (non-hydrogen) atoms. The van der Waals surface area contributed by atoms with E-state index in [-0.39, 0.29) is 41.0 Å². The van der Waals surface area contributed by atoms with Crippen LogP contribution in [-0.4, -0.2) is 43.9 Å². The summed E-state index contributed by atoms with van der Waals surface area (Å²) >= 11 is 0. The second kappa shape index (κ2) is 6.47. The summed E-state index contributed by atoms with van der Waals surface area (Å²) in [5.41, 5.74) is 1.52. The highest BCUT2D eigenvalue weighted by Gasteiger charge is 2.33. The molecule has 3 aromatic rings. The number of hydrogen-bond donors (Lipinski definition) is 1. The molecule has 3 heterocycles. The molecule has 146 valence electrons. The topological polar surface area (TPSA) is 80.4 Å². The Morgan fingerprint density at radius 3 is 2.50 bits per heavy atom. The summed E-state index contributed by atoms with van der Waals surface area (Å²) in [5, 5.41) is 15.4. The van der Waals surface area contributed by atoms with Gasteiger partial charge in [-0.25, -0.2) is 9.07 Å². The number of benzene rings is 1. The fraction of sp³-hybridized carbons (Fsp3) is 0.350. The van der Waals surface area contributed by atoms with Crippen molar-refractivity contribution in [1.82, 2.24) is 19.2 Å². The summed E-state index contributed by atoms with van der Waals surface area (Å²) in [6.07, 6.45) is 0. The summed E-state index contributed by atoms with van der Waals surface area (Å²) in [6, 6.07) is 5.83. The van der Waals surface area contributed by atoms with Crippen molar-refractivity contribution in [3.05, 3.63) is 57.4 Å². The first-order valence-electron chi connectivity index (χ1n) is 9.15. The van der Waals surface area contributed by atoms with Gasteiger partial charge in [-0.15, -0.1) is 0 Å². The van der Waals surface area contributed by atoms with Crippen molar-refractivity contribution in [2.45, 2.75) is 32.9 Å². The second-order valence-corrected chi connectivity index (χ2v) is 7.43. The number of hydrogen-bond acceptors (Lipinski definition) is 4. The van der Waals surface area contributed by atoms with Crippen LogP contribution in [0.4, 0.5) is 4.39 Å². The van der Waals surface area contributed by atoms with E-state index in [0.29, 0.717) is 29.9 Å². The van der Waals surface area contributed by atoms with Crippen LogP contribution >= 0.6 is 0 Å². The van der Waals surface area contributed by atoms with Crippen LogP contribution in [0, 0.1) is 5.82 Å². The van der Waals surface area contributed by atoms with E-state index in [9.17, 15) is 19.1 Å². The molecule has 0 atom stereocenters. The fourth-order valence-electron chi connectivity index (χ4n) is 3.66. The number of rotatable bonds is 3. The first kappa shape index (κ1) is 18.2. The fourth-order valence-corrected chi connectivity index (χ4v) is 3.66. The molecular weight excluding hydrogens is 363 g/mol. The van der Waals surface area contributed by atoms with Crippen molar-refractivity contribution in [2.75, 3.05) is 13.6 Å². The van der Waals surface area contributed by atoms with E-state index < -0.39 is 5.56 Å². The molecule has 0 unspecified atom stereocenters. The molecule has 0 bridgehead atoms. The number of fused-ring (bicyclic) bond motifs is 3. The molecule has 1 aliphatic heterocycles. The molecule has 0 fully saturated rings. The number of carbonyl (C=O) groups excluding carboxylic acids is 1. The van der Waals surface area contributed by atoms with E-state index in [1.54, 1.807) is 23.7 Å². The molecule has 0 spiro atoms. The number of halogens is 1. The molecule has 0 saturated heterocycles. The maximum absolute atomic E-state index is 13.2. The lowest BCUT2D eigenvalue weighted by molar-refractivity contribution is 0.0747. The largest absolute Gasteiger partial charge is 0.505 e. The molecule has 1 aromatic carbocycles. The Bertz CT molecular complexity index is 1150. The lowest BCUT2D eigenvalue weighted by Gasteiger charge is -2.25.